The third-order valence-corrected chi connectivity index (χ3v) is 9.38. The monoisotopic (exact) mass is 637 g/mol. The molecule has 0 aromatic heterocycles. The van der Waals surface area contributed by atoms with Crippen LogP contribution in [0.2, 0.25) is 0 Å². The van der Waals surface area contributed by atoms with Crippen molar-refractivity contribution < 1.29 is 28.9 Å². The summed E-state index contributed by atoms with van der Waals surface area (Å²) in [6.07, 6.45) is 15.8. The van der Waals surface area contributed by atoms with E-state index in [1.54, 1.807) is 25.0 Å². The molecule has 2 aliphatic heterocycles. The Hall–Kier alpha value is -3.30. The van der Waals surface area contributed by atoms with Gasteiger partial charge in [0.25, 0.3) is 0 Å². The van der Waals surface area contributed by atoms with Crippen molar-refractivity contribution in [3.63, 3.8) is 0 Å². The lowest BCUT2D eigenvalue weighted by molar-refractivity contribution is -0.117. The van der Waals surface area contributed by atoms with Gasteiger partial charge in [-0.25, -0.2) is 4.79 Å². The molecule has 1 aromatic rings. The normalized spacial score (nSPS) is 26.3. The molecule has 4 rings (SSSR count). The number of anilines is 1. The van der Waals surface area contributed by atoms with Gasteiger partial charge in [0.1, 0.15) is 11.9 Å². The van der Waals surface area contributed by atoms with E-state index in [-0.39, 0.29) is 36.4 Å². The number of rotatable bonds is 11. The first-order valence-corrected chi connectivity index (χ1v) is 17.0. The first-order valence-electron chi connectivity index (χ1n) is 17.0. The summed E-state index contributed by atoms with van der Waals surface area (Å²) in [6, 6.07) is 8.10. The van der Waals surface area contributed by atoms with E-state index in [4.69, 9.17) is 14.2 Å². The minimum atomic E-state index is -0.498. The number of nitrogens with zero attached hydrogens (tertiary/aromatic N) is 2. The van der Waals surface area contributed by atoms with Crippen molar-refractivity contribution in [1.82, 2.24) is 10.2 Å². The molecule has 9 nitrogen and oxygen atoms in total. The van der Waals surface area contributed by atoms with Crippen LogP contribution in [0.25, 0.3) is 0 Å². The van der Waals surface area contributed by atoms with Gasteiger partial charge >= 0.3 is 6.09 Å². The van der Waals surface area contributed by atoms with Crippen LogP contribution in [0.4, 0.5) is 10.5 Å². The minimum absolute atomic E-state index is 0.0412. The Labute approximate surface area is 275 Å². The maximum absolute atomic E-state index is 12.7. The molecule has 1 saturated carbocycles. The van der Waals surface area contributed by atoms with Crippen molar-refractivity contribution in [2.75, 3.05) is 44.8 Å². The molecule has 2 N–H and O–H groups in total. The lowest BCUT2D eigenvalue weighted by atomic mass is 9.83. The number of hydrogen-bond donors (Lipinski definition) is 2. The predicted octanol–water partition coefficient (Wildman–Crippen LogP) is 6.03. The van der Waals surface area contributed by atoms with Gasteiger partial charge in [-0.3, -0.25) is 4.79 Å². The summed E-state index contributed by atoms with van der Waals surface area (Å²) in [6.45, 7) is 10.9. The molecule has 3 aliphatic rings. The average Bonchev–Trinajstić information content (AvgIpc) is 3.05. The molecule has 0 bridgehead atoms. The van der Waals surface area contributed by atoms with Gasteiger partial charge in [0, 0.05) is 56.7 Å². The Bertz CT molecular complexity index is 1230. The molecular formula is C37H55N3O6. The van der Waals surface area contributed by atoms with Crippen LogP contribution >= 0.6 is 0 Å². The van der Waals surface area contributed by atoms with Crippen LogP contribution in [0.15, 0.2) is 60.2 Å². The van der Waals surface area contributed by atoms with Gasteiger partial charge in [0.15, 0.2) is 0 Å². The summed E-state index contributed by atoms with van der Waals surface area (Å²) in [7, 11) is 1.66. The Kier molecular flexibility index (Phi) is 13.2. The van der Waals surface area contributed by atoms with Gasteiger partial charge in [-0.2, -0.15) is 0 Å². The molecule has 2 heterocycles. The fourth-order valence-electron chi connectivity index (χ4n) is 6.79. The molecule has 2 amide bonds. The molecule has 9 heteroatoms. The van der Waals surface area contributed by atoms with E-state index in [2.05, 4.69) is 49.2 Å². The highest BCUT2D eigenvalue weighted by molar-refractivity contribution is 5.87. The summed E-state index contributed by atoms with van der Waals surface area (Å²) in [5, 5.41) is 12.8. The van der Waals surface area contributed by atoms with E-state index in [1.807, 2.05) is 24.3 Å². The highest BCUT2D eigenvalue weighted by atomic mass is 16.6. The number of ether oxygens (including phenoxy) is 3. The molecule has 1 aromatic carbocycles. The quantitative estimate of drug-likeness (QED) is 0.226. The Balaban J connectivity index is 1.11. The second-order valence-electron chi connectivity index (χ2n) is 13.8. The van der Waals surface area contributed by atoms with E-state index >= 15 is 0 Å². The Morgan fingerprint density at radius 2 is 1.85 bits per heavy atom. The number of methoxy groups -OCH3 is 1. The highest BCUT2D eigenvalue weighted by Crippen LogP contribution is 2.33. The lowest BCUT2D eigenvalue weighted by Crippen LogP contribution is -2.49. The summed E-state index contributed by atoms with van der Waals surface area (Å²) in [5.41, 5.74) is 2.10. The number of amides is 2. The molecule has 0 unspecified atom stereocenters. The van der Waals surface area contributed by atoms with Crippen LogP contribution in [0.1, 0.15) is 72.6 Å². The zero-order chi connectivity index (χ0) is 33.1. The number of aliphatic hydroxyl groups excluding tert-OH is 1. The number of carbonyl (C=O) groups is 2. The second-order valence-corrected chi connectivity index (χ2v) is 13.8. The topological polar surface area (TPSA) is 101 Å². The van der Waals surface area contributed by atoms with Crippen LogP contribution < -0.4 is 15.0 Å². The maximum atomic E-state index is 12.7. The SMILES string of the molecule is COc1cccc(N2CCN(C(=O)O[C@@H](C)/C=C\C(=O)NC3CCC(C/C=C(C)/C=C/[C@@H]4C[C@H](CO)CC(C)(C)O4)CC3)CC2)c1. The highest BCUT2D eigenvalue weighted by Gasteiger charge is 2.33. The van der Waals surface area contributed by atoms with E-state index in [9.17, 15) is 14.7 Å². The number of allylic oxidation sites excluding steroid dienone is 3. The molecule has 0 radical (unpaired) electrons. The number of hydrogen-bond acceptors (Lipinski definition) is 7. The largest absolute Gasteiger partial charge is 0.497 e. The van der Waals surface area contributed by atoms with E-state index in [0.717, 1.165) is 56.4 Å². The summed E-state index contributed by atoms with van der Waals surface area (Å²) >= 11 is 0. The molecule has 46 heavy (non-hydrogen) atoms. The fraction of sp³-hybridized carbons (Fsp3) is 0.622. The lowest BCUT2D eigenvalue weighted by Gasteiger charge is -2.39. The predicted molar refractivity (Wildman–Crippen MR) is 182 cm³/mol. The zero-order valence-electron chi connectivity index (χ0n) is 28.5. The molecule has 254 valence electrons. The van der Waals surface area contributed by atoms with Gasteiger partial charge in [0.2, 0.25) is 5.91 Å². The van der Waals surface area contributed by atoms with Crippen LogP contribution in [-0.2, 0) is 14.3 Å². The van der Waals surface area contributed by atoms with Crippen molar-refractivity contribution in [3.05, 3.63) is 60.2 Å². The molecule has 2 saturated heterocycles. The van der Waals surface area contributed by atoms with Gasteiger partial charge < -0.3 is 34.4 Å². The van der Waals surface area contributed by atoms with Crippen molar-refractivity contribution >= 4 is 17.7 Å². The average molecular weight is 638 g/mol. The third-order valence-electron chi connectivity index (χ3n) is 9.38. The fourth-order valence-corrected chi connectivity index (χ4v) is 6.79. The van der Waals surface area contributed by atoms with E-state index in [0.29, 0.717) is 38.0 Å². The number of carbonyl (C=O) groups excluding carboxylic acids is 2. The first kappa shape index (κ1) is 35.6. The Morgan fingerprint density at radius 3 is 2.54 bits per heavy atom. The van der Waals surface area contributed by atoms with E-state index in [1.165, 1.54) is 11.6 Å². The van der Waals surface area contributed by atoms with Gasteiger partial charge in [-0.05, 0) is 103 Å². The summed E-state index contributed by atoms with van der Waals surface area (Å²) < 4.78 is 17.1. The van der Waals surface area contributed by atoms with Crippen LogP contribution in [0.3, 0.4) is 0 Å². The van der Waals surface area contributed by atoms with Crippen LogP contribution in [-0.4, -0.2) is 85.8 Å². The van der Waals surface area contributed by atoms with Crippen LogP contribution in [0.5, 0.6) is 5.75 Å². The van der Waals surface area contributed by atoms with Gasteiger partial charge in [0.05, 0.1) is 18.8 Å². The van der Waals surface area contributed by atoms with Crippen molar-refractivity contribution in [1.29, 1.82) is 0 Å². The number of benzene rings is 1. The molecule has 3 fully saturated rings. The second kappa shape index (κ2) is 17.0. The molecule has 0 spiro atoms. The maximum Gasteiger partial charge on any atom is 0.410 e. The number of aliphatic hydroxyl groups is 1. The Morgan fingerprint density at radius 1 is 1.11 bits per heavy atom. The van der Waals surface area contributed by atoms with Crippen molar-refractivity contribution in [2.24, 2.45) is 11.8 Å². The van der Waals surface area contributed by atoms with Crippen molar-refractivity contribution in [3.8, 4) is 5.75 Å². The van der Waals surface area contributed by atoms with Gasteiger partial charge in [-0.1, -0.05) is 29.9 Å². The zero-order valence-corrected chi connectivity index (χ0v) is 28.5. The number of nitrogens with one attached hydrogen (secondary N) is 1. The van der Waals surface area contributed by atoms with E-state index < -0.39 is 6.10 Å². The standard InChI is InChI=1S/C37H55N3O6/c1-27(10-17-34-23-30(26-41)25-37(3,4)46-34)9-12-29-13-15-31(16-14-29)38-35(42)18-11-28(2)45-36(43)40-21-19-39(20-22-40)32-7-6-8-33(24-32)44-5/h6-11,17-18,24,28-31,34,41H,12-16,19-23,25-26H2,1-5H3,(H,38,42)/b17-10+,18-11-,27-9+/t28-,29?,30-,31?,34+/m0/s1. The summed E-state index contributed by atoms with van der Waals surface area (Å²) in [5.74, 6) is 1.58. The van der Waals surface area contributed by atoms with Crippen molar-refractivity contribution in [2.45, 2.75) is 96.5 Å². The molecular weight excluding hydrogens is 582 g/mol. The minimum Gasteiger partial charge on any atom is -0.497 e. The number of piperazine rings is 1. The first-order chi connectivity index (χ1) is 22.0. The van der Waals surface area contributed by atoms with Gasteiger partial charge in [-0.15, -0.1) is 0 Å². The molecule has 3 atom stereocenters. The molecule has 1 aliphatic carbocycles. The third kappa shape index (κ3) is 11.2. The smallest absolute Gasteiger partial charge is 0.410 e. The summed E-state index contributed by atoms with van der Waals surface area (Å²) in [4.78, 5) is 29.2. The van der Waals surface area contributed by atoms with Crippen LogP contribution in [0, 0.1) is 11.8 Å².